The zero-order chi connectivity index (χ0) is 14.0. The van der Waals surface area contributed by atoms with E-state index in [1.54, 1.807) is 0 Å². The Morgan fingerprint density at radius 2 is 2.00 bits per heavy atom. The summed E-state index contributed by atoms with van der Waals surface area (Å²) in [5, 5.41) is 2.58. The standard InChI is InChI=1S/C11H14FN3O3S/c12-8-5-9(13)7-10(6-8)19(17,18)15-3-1-11(16)14-2-4-15/h5-7H,1-4,13H2,(H,14,16). The number of anilines is 1. The van der Waals surface area contributed by atoms with E-state index in [9.17, 15) is 17.6 Å². The van der Waals surface area contributed by atoms with Crippen molar-refractivity contribution in [2.24, 2.45) is 0 Å². The number of nitrogens with zero attached hydrogens (tertiary/aromatic N) is 1. The molecule has 2 rings (SSSR count). The quantitative estimate of drug-likeness (QED) is 0.744. The van der Waals surface area contributed by atoms with Crippen molar-refractivity contribution in [2.45, 2.75) is 11.3 Å². The molecule has 0 aliphatic carbocycles. The second-order valence-corrected chi connectivity index (χ2v) is 6.16. The summed E-state index contributed by atoms with van der Waals surface area (Å²) in [5.74, 6) is -0.904. The van der Waals surface area contributed by atoms with Crippen LogP contribution in [0, 0.1) is 5.82 Å². The molecule has 19 heavy (non-hydrogen) atoms. The van der Waals surface area contributed by atoms with Crippen LogP contribution >= 0.6 is 0 Å². The first-order valence-corrected chi connectivity index (χ1v) is 7.16. The molecule has 1 saturated heterocycles. The summed E-state index contributed by atoms with van der Waals surface area (Å²) in [4.78, 5) is 11.0. The molecule has 1 fully saturated rings. The molecule has 0 bridgehead atoms. The maximum atomic E-state index is 13.2. The van der Waals surface area contributed by atoms with E-state index in [4.69, 9.17) is 5.73 Å². The van der Waals surface area contributed by atoms with E-state index in [2.05, 4.69) is 5.32 Å². The fraction of sp³-hybridized carbons (Fsp3) is 0.364. The largest absolute Gasteiger partial charge is 0.399 e. The Balaban J connectivity index is 2.33. The number of hydrogen-bond acceptors (Lipinski definition) is 4. The molecule has 1 aromatic carbocycles. The zero-order valence-electron chi connectivity index (χ0n) is 10.1. The molecule has 0 unspecified atom stereocenters. The number of nitrogens with two attached hydrogens (primary N) is 1. The van der Waals surface area contributed by atoms with E-state index in [-0.39, 0.29) is 42.5 Å². The predicted octanol–water partition coefficient (Wildman–Crippen LogP) is -0.0815. The van der Waals surface area contributed by atoms with Gasteiger partial charge in [-0.05, 0) is 18.2 Å². The van der Waals surface area contributed by atoms with Gasteiger partial charge in [0.05, 0.1) is 4.90 Å². The number of benzene rings is 1. The summed E-state index contributed by atoms with van der Waals surface area (Å²) in [6.07, 6.45) is 0.0873. The highest BCUT2D eigenvalue weighted by atomic mass is 32.2. The monoisotopic (exact) mass is 287 g/mol. The number of carbonyl (C=O) groups excluding carboxylic acids is 1. The molecule has 8 heteroatoms. The van der Waals surface area contributed by atoms with Gasteiger partial charge < -0.3 is 11.1 Å². The van der Waals surface area contributed by atoms with Crippen molar-refractivity contribution in [3.8, 4) is 0 Å². The lowest BCUT2D eigenvalue weighted by molar-refractivity contribution is -0.120. The minimum absolute atomic E-state index is 0.0441. The third-order valence-corrected chi connectivity index (χ3v) is 4.68. The molecule has 0 spiro atoms. The van der Waals surface area contributed by atoms with Crippen molar-refractivity contribution in [1.82, 2.24) is 9.62 Å². The minimum atomic E-state index is -3.83. The summed E-state index contributed by atoms with van der Waals surface area (Å²) in [6.45, 7) is 0.470. The molecule has 1 heterocycles. The molecule has 104 valence electrons. The molecular formula is C11H14FN3O3S. The van der Waals surface area contributed by atoms with Gasteiger partial charge in [-0.2, -0.15) is 4.31 Å². The van der Waals surface area contributed by atoms with Gasteiger partial charge in [0.1, 0.15) is 5.82 Å². The number of hydrogen-bond donors (Lipinski definition) is 2. The Kier molecular flexibility index (Phi) is 3.72. The minimum Gasteiger partial charge on any atom is -0.399 e. The van der Waals surface area contributed by atoms with E-state index < -0.39 is 15.8 Å². The van der Waals surface area contributed by atoms with Crippen molar-refractivity contribution in [3.05, 3.63) is 24.0 Å². The van der Waals surface area contributed by atoms with Crippen molar-refractivity contribution < 1.29 is 17.6 Å². The van der Waals surface area contributed by atoms with Crippen LogP contribution < -0.4 is 11.1 Å². The summed E-state index contributed by atoms with van der Waals surface area (Å²) in [7, 11) is -3.83. The average molecular weight is 287 g/mol. The van der Waals surface area contributed by atoms with Crippen LogP contribution in [0.15, 0.2) is 23.1 Å². The van der Waals surface area contributed by atoms with Gasteiger partial charge in [-0.3, -0.25) is 4.79 Å². The predicted molar refractivity (Wildman–Crippen MR) is 67.2 cm³/mol. The molecule has 1 aliphatic rings. The highest BCUT2D eigenvalue weighted by Gasteiger charge is 2.27. The molecule has 0 atom stereocenters. The molecule has 1 aliphatic heterocycles. The van der Waals surface area contributed by atoms with Crippen molar-refractivity contribution >= 4 is 21.6 Å². The van der Waals surface area contributed by atoms with Gasteiger partial charge in [0.15, 0.2) is 0 Å². The topological polar surface area (TPSA) is 92.5 Å². The van der Waals surface area contributed by atoms with E-state index >= 15 is 0 Å². The maximum absolute atomic E-state index is 13.2. The number of nitrogen functional groups attached to an aromatic ring is 1. The lowest BCUT2D eigenvalue weighted by Gasteiger charge is -2.19. The van der Waals surface area contributed by atoms with Gasteiger partial charge in [0, 0.05) is 31.7 Å². The summed E-state index contributed by atoms with van der Waals surface area (Å²) >= 11 is 0. The smallest absolute Gasteiger partial charge is 0.243 e. The fourth-order valence-electron chi connectivity index (χ4n) is 1.87. The molecule has 0 saturated carbocycles. The molecule has 0 aromatic heterocycles. The first-order valence-electron chi connectivity index (χ1n) is 5.72. The zero-order valence-corrected chi connectivity index (χ0v) is 10.9. The first-order chi connectivity index (χ1) is 8.89. The van der Waals surface area contributed by atoms with Crippen LogP contribution in [0.3, 0.4) is 0 Å². The van der Waals surface area contributed by atoms with Crippen LogP contribution in [-0.2, 0) is 14.8 Å². The van der Waals surface area contributed by atoms with Crippen molar-refractivity contribution in [1.29, 1.82) is 0 Å². The molecule has 3 N–H and O–H groups in total. The van der Waals surface area contributed by atoms with Gasteiger partial charge in [-0.15, -0.1) is 0 Å². The van der Waals surface area contributed by atoms with Crippen molar-refractivity contribution in [3.63, 3.8) is 0 Å². The SMILES string of the molecule is Nc1cc(F)cc(S(=O)(=O)N2CCNC(=O)CC2)c1. The van der Waals surface area contributed by atoms with Crippen LogP contribution in [0.2, 0.25) is 0 Å². The second kappa shape index (κ2) is 5.14. The highest BCUT2D eigenvalue weighted by molar-refractivity contribution is 7.89. The Hall–Kier alpha value is -1.67. The molecule has 0 radical (unpaired) electrons. The van der Waals surface area contributed by atoms with Gasteiger partial charge in [-0.1, -0.05) is 0 Å². The van der Waals surface area contributed by atoms with Crippen LogP contribution in [0.25, 0.3) is 0 Å². The molecular weight excluding hydrogens is 273 g/mol. The molecule has 1 amide bonds. The number of amides is 1. The Bertz CT molecular complexity index is 583. The van der Waals surface area contributed by atoms with E-state index in [1.165, 1.54) is 6.07 Å². The molecule has 1 aromatic rings. The Morgan fingerprint density at radius 1 is 1.26 bits per heavy atom. The third-order valence-electron chi connectivity index (χ3n) is 2.80. The van der Waals surface area contributed by atoms with Gasteiger partial charge >= 0.3 is 0 Å². The first kappa shape index (κ1) is 13.8. The van der Waals surface area contributed by atoms with E-state index in [0.29, 0.717) is 0 Å². The normalized spacial score (nSPS) is 17.8. The van der Waals surface area contributed by atoms with Gasteiger partial charge in [0.25, 0.3) is 0 Å². The average Bonchev–Trinajstić information content (AvgIpc) is 2.53. The lowest BCUT2D eigenvalue weighted by Crippen LogP contribution is -2.34. The summed E-state index contributed by atoms with van der Waals surface area (Å²) in [5.41, 5.74) is 5.49. The number of rotatable bonds is 2. The number of sulfonamides is 1. The number of carbonyl (C=O) groups is 1. The van der Waals surface area contributed by atoms with Crippen molar-refractivity contribution in [2.75, 3.05) is 25.4 Å². The Labute approximate surface area is 110 Å². The Morgan fingerprint density at radius 3 is 2.68 bits per heavy atom. The molecule has 6 nitrogen and oxygen atoms in total. The van der Waals surface area contributed by atoms with Crippen LogP contribution in [0.1, 0.15) is 6.42 Å². The maximum Gasteiger partial charge on any atom is 0.243 e. The number of nitrogens with one attached hydrogen (secondary N) is 1. The van der Waals surface area contributed by atoms with E-state index in [0.717, 1.165) is 16.4 Å². The fourth-order valence-corrected chi connectivity index (χ4v) is 3.38. The second-order valence-electron chi connectivity index (χ2n) is 4.22. The highest BCUT2D eigenvalue weighted by Crippen LogP contribution is 2.20. The summed E-state index contributed by atoms with van der Waals surface area (Å²) < 4.78 is 39.0. The van der Waals surface area contributed by atoms with Crippen LogP contribution in [-0.4, -0.2) is 38.3 Å². The van der Waals surface area contributed by atoms with Crippen LogP contribution in [0.4, 0.5) is 10.1 Å². The van der Waals surface area contributed by atoms with Gasteiger partial charge in [0.2, 0.25) is 15.9 Å². The number of halogens is 1. The third kappa shape index (κ3) is 3.02. The van der Waals surface area contributed by atoms with E-state index in [1.807, 2.05) is 0 Å². The summed E-state index contributed by atoms with van der Waals surface area (Å²) in [6, 6.07) is 3.18. The lowest BCUT2D eigenvalue weighted by atomic mass is 10.3. The van der Waals surface area contributed by atoms with Crippen LogP contribution in [0.5, 0.6) is 0 Å². The van der Waals surface area contributed by atoms with Gasteiger partial charge in [-0.25, -0.2) is 12.8 Å².